The van der Waals surface area contributed by atoms with Gasteiger partial charge in [0.1, 0.15) is 5.54 Å². The van der Waals surface area contributed by atoms with E-state index < -0.39 is 5.54 Å². The third kappa shape index (κ3) is 2.80. The van der Waals surface area contributed by atoms with Gasteiger partial charge in [0.15, 0.2) is 0 Å². The molecule has 21 heavy (non-hydrogen) atoms. The van der Waals surface area contributed by atoms with Crippen molar-refractivity contribution in [1.82, 2.24) is 4.90 Å². The largest absolute Gasteiger partial charge is 0.285 e. The Morgan fingerprint density at radius 2 is 1.76 bits per heavy atom. The molecule has 1 atom stereocenters. The summed E-state index contributed by atoms with van der Waals surface area (Å²) in [5.74, 6) is 0. The van der Waals surface area contributed by atoms with Crippen LogP contribution in [0.25, 0.3) is 10.8 Å². The Morgan fingerprint density at radius 3 is 2.52 bits per heavy atom. The first-order valence-corrected chi connectivity index (χ1v) is 7.86. The summed E-state index contributed by atoms with van der Waals surface area (Å²) < 4.78 is 0. The lowest BCUT2D eigenvalue weighted by Crippen LogP contribution is -2.49. The van der Waals surface area contributed by atoms with Crippen molar-refractivity contribution in [2.45, 2.75) is 38.1 Å². The lowest BCUT2D eigenvalue weighted by Gasteiger charge is -2.38. The minimum absolute atomic E-state index is 0.398. The monoisotopic (exact) mass is 278 g/mol. The highest BCUT2D eigenvalue weighted by molar-refractivity contribution is 5.85. The predicted octanol–water partition coefficient (Wildman–Crippen LogP) is 4.15. The third-order valence-electron chi connectivity index (χ3n) is 4.71. The first-order chi connectivity index (χ1) is 10.2. The van der Waals surface area contributed by atoms with Crippen molar-refractivity contribution in [3.63, 3.8) is 0 Å². The molecule has 1 heterocycles. The zero-order valence-electron chi connectivity index (χ0n) is 12.7. The number of nitriles is 1. The molecule has 108 valence electrons. The summed E-state index contributed by atoms with van der Waals surface area (Å²) in [5, 5.41) is 12.3. The minimum atomic E-state index is -0.398. The highest BCUT2D eigenvalue weighted by atomic mass is 15.2. The Bertz CT molecular complexity index is 659. The standard InChI is InChI=1S/C19H22N2/c1-19(15-20,21-12-5-2-6-13-21)14-17-10-7-9-16-8-3-4-11-18(16)17/h3-4,7-11H,2,5-6,12-14H2,1H3. The van der Waals surface area contributed by atoms with Crippen LogP contribution in [-0.2, 0) is 6.42 Å². The summed E-state index contributed by atoms with van der Waals surface area (Å²) in [4.78, 5) is 2.37. The molecule has 3 rings (SSSR count). The molecule has 2 nitrogen and oxygen atoms in total. The molecule has 0 radical (unpaired) electrons. The molecule has 2 aromatic rings. The molecule has 1 fully saturated rings. The Labute approximate surface area is 127 Å². The molecule has 0 saturated carbocycles. The Morgan fingerprint density at radius 1 is 1.05 bits per heavy atom. The molecule has 0 spiro atoms. The van der Waals surface area contributed by atoms with Crippen LogP contribution in [0, 0.1) is 11.3 Å². The summed E-state index contributed by atoms with van der Waals surface area (Å²) in [6.45, 7) is 4.20. The van der Waals surface area contributed by atoms with Gasteiger partial charge in [0.25, 0.3) is 0 Å². The average molecular weight is 278 g/mol. The molecule has 1 aliphatic heterocycles. The second-order valence-electron chi connectivity index (χ2n) is 6.25. The van der Waals surface area contributed by atoms with E-state index in [1.165, 1.54) is 35.6 Å². The first kappa shape index (κ1) is 14.1. The second kappa shape index (κ2) is 5.87. The molecule has 2 heteroatoms. The predicted molar refractivity (Wildman–Crippen MR) is 87.1 cm³/mol. The van der Waals surface area contributed by atoms with Crippen LogP contribution in [0.15, 0.2) is 42.5 Å². The molecular weight excluding hydrogens is 256 g/mol. The van der Waals surface area contributed by atoms with Crippen molar-refractivity contribution < 1.29 is 0 Å². The molecule has 0 aromatic heterocycles. The fourth-order valence-electron chi connectivity index (χ4n) is 3.43. The van der Waals surface area contributed by atoms with Crippen molar-refractivity contribution >= 4 is 10.8 Å². The van der Waals surface area contributed by atoms with Crippen LogP contribution >= 0.6 is 0 Å². The van der Waals surface area contributed by atoms with Crippen molar-refractivity contribution in [1.29, 1.82) is 5.26 Å². The molecule has 1 saturated heterocycles. The quantitative estimate of drug-likeness (QED) is 0.843. The van der Waals surface area contributed by atoms with E-state index in [0.29, 0.717) is 0 Å². The highest BCUT2D eigenvalue weighted by Gasteiger charge is 2.33. The number of hydrogen-bond acceptors (Lipinski definition) is 2. The van der Waals surface area contributed by atoms with Gasteiger partial charge in [0.2, 0.25) is 0 Å². The second-order valence-corrected chi connectivity index (χ2v) is 6.25. The van der Waals surface area contributed by atoms with Gasteiger partial charge in [-0.05, 0) is 49.2 Å². The lowest BCUT2D eigenvalue weighted by molar-refractivity contribution is 0.124. The summed E-state index contributed by atoms with van der Waals surface area (Å²) in [6.07, 6.45) is 4.52. The highest BCUT2D eigenvalue weighted by Crippen LogP contribution is 2.28. The van der Waals surface area contributed by atoms with E-state index in [2.05, 4.69) is 60.4 Å². The van der Waals surface area contributed by atoms with Crippen LogP contribution in [0.2, 0.25) is 0 Å². The van der Waals surface area contributed by atoms with Gasteiger partial charge in [-0.3, -0.25) is 4.90 Å². The number of likely N-dealkylation sites (tertiary alicyclic amines) is 1. The minimum Gasteiger partial charge on any atom is -0.285 e. The first-order valence-electron chi connectivity index (χ1n) is 7.86. The van der Waals surface area contributed by atoms with Gasteiger partial charge in [-0.1, -0.05) is 48.9 Å². The van der Waals surface area contributed by atoms with E-state index in [1.807, 2.05) is 0 Å². The number of hydrogen-bond donors (Lipinski definition) is 0. The van der Waals surface area contributed by atoms with E-state index in [1.54, 1.807) is 0 Å². The summed E-state index contributed by atoms with van der Waals surface area (Å²) >= 11 is 0. The fraction of sp³-hybridized carbons (Fsp3) is 0.421. The molecule has 0 bridgehead atoms. The van der Waals surface area contributed by atoms with E-state index in [9.17, 15) is 5.26 Å². The maximum absolute atomic E-state index is 9.78. The van der Waals surface area contributed by atoms with E-state index >= 15 is 0 Å². The zero-order valence-corrected chi connectivity index (χ0v) is 12.7. The van der Waals surface area contributed by atoms with Gasteiger partial charge in [-0.15, -0.1) is 0 Å². The molecule has 1 unspecified atom stereocenters. The Hall–Kier alpha value is -1.85. The maximum Gasteiger partial charge on any atom is 0.110 e. The van der Waals surface area contributed by atoms with Crippen LogP contribution in [0.1, 0.15) is 31.7 Å². The smallest absolute Gasteiger partial charge is 0.110 e. The topological polar surface area (TPSA) is 27.0 Å². The van der Waals surface area contributed by atoms with Gasteiger partial charge in [-0.2, -0.15) is 5.26 Å². The molecule has 0 N–H and O–H groups in total. The normalized spacial score (nSPS) is 19.0. The van der Waals surface area contributed by atoms with E-state index in [-0.39, 0.29) is 0 Å². The van der Waals surface area contributed by atoms with Crippen molar-refractivity contribution in [2.24, 2.45) is 0 Å². The van der Waals surface area contributed by atoms with E-state index in [0.717, 1.165) is 19.5 Å². The van der Waals surface area contributed by atoms with Crippen LogP contribution in [0.3, 0.4) is 0 Å². The Balaban J connectivity index is 1.94. The van der Waals surface area contributed by atoms with Gasteiger partial charge < -0.3 is 0 Å². The van der Waals surface area contributed by atoms with Crippen molar-refractivity contribution in [3.05, 3.63) is 48.0 Å². The lowest BCUT2D eigenvalue weighted by atomic mass is 9.88. The van der Waals surface area contributed by atoms with Crippen LogP contribution in [0.4, 0.5) is 0 Å². The number of nitrogens with zero attached hydrogens (tertiary/aromatic N) is 2. The zero-order chi connectivity index (χ0) is 14.7. The molecular formula is C19H22N2. The number of rotatable bonds is 3. The van der Waals surface area contributed by atoms with Gasteiger partial charge in [0, 0.05) is 6.42 Å². The summed E-state index contributed by atoms with van der Waals surface area (Å²) in [6, 6.07) is 17.5. The van der Waals surface area contributed by atoms with E-state index in [4.69, 9.17) is 0 Å². The van der Waals surface area contributed by atoms with Crippen LogP contribution in [-0.4, -0.2) is 23.5 Å². The third-order valence-corrected chi connectivity index (χ3v) is 4.71. The van der Waals surface area contributed by atoms with Crippen LogP contribution in [0.5, 0.6) is 0 Å². The number of fused-ring (bicyclic) bond motifs is 1. The summed E-state index contributed by atoms with van der Waals surface area (Å²) in [5.41, 5.74) is 0.882. The van der Waals surface area contributed by atoms with Gasteiger partial charge >= 0.3 is 0 Å². The van der Waals surface area contributed by atoms with Crippen molar-refractivity contribution in [3.8, 4) is 6.07 Å². The number of piperidine rings is 1. The average Bonchev–Trinajstić information content (AvgIpc) is 2.56. The molecule has 0 amide bonds. The summed E-state index contributed by atoms with van der Waals surface area (Å²) in [7, 11) is 0. The van der Waals surface area contributed by atoms with Gasteiger partial charge in [-0.25, -0.2) is 0 Å². The molecule has 0 aliphatic carbocycles. The van der Waals surface area contributed by atoms with Gasteiger partial charge in [0.05, 0.1) is 6.07 Å². The Kier molecular flexibility index (Phi) is 3.94. The van der Waals surface area contributed by atoms with Crippen molar-refractivity contribution in [2.75, 3.05) is 13.1 Å². The van der Waals surface area contributed by atoms with Crippen LogP contribution < -0.4 is 0 Å². The fourth-order valence-corrected chi connectivity index (χ4v) is 3.43. The molecule has 2 aromatic carbocycles. The number of benzene rings is 2. The SMILES string of the molecule is CC(C#N)(Cc1cccc2ccccc12)N1CCCCC1. The molecule has 1 aliphatic rings. The maximum atomic E-state index is 9.78.